The van der Waals surface area contributed by atoms with Crippen molar-refractivity contribution in [3.8, 4) is 0 Å². The van der Waals surface area contributed by atoms with Crippen molar-refractivity contribution in [1.29, 1.82) is 0 Å². The van der Waals surface area contributed by atoms with E-state index in [1.165, 1.54) is 11.6 Å². The molecule has 1 N–H and O–H groups in total. The summed E-state index contributed by atoms with van der Waals surface area (Å²) in [6, 6.07) is 3.37. The number of azo groups is 1. The molecule has 0 fully saturated rings. The van der Waals surface area contributed by atoms with Gasteiger partial charge in [-0.2, -0.15) is 21.6 Å². The molecule has 3 rings (SSSR count). The molecule has 13 heteroatoms. The number of benzene rings is 1. The summed E-state index contributed by atoms with van der Waals surface area (Å²) in [5.74, 6) is 0. The van der Waals surface area contributed by atoms with Crippen molar-refractivity contribution in [1.82, 2.24) is 10.2 Å². The zero-order valence-corrected chi connectivity index (χ0v) is 18.9. The number of alkyl halides is 3. The minimum Gasteiger partial charge on any atom is -0.366 e. The van der Waals surface area contributed by atoms with Crippen molar-refractivity contribution in [3.05, 3.63) is 23.2 Å². The molecule has 0 bridgehead atoms. The molecule has 0 radical (unpaired) electrons. The summed E-state index contributed by atoms with van der Waals surface area (Å²) in [7, 11) is -5.63. The highest BCUT2D eigenvalue weighted by Gasteiger charge is 2.46. The summed E-state index contributed by atoms with van der Waals surface area (Å²) >= 11 is 1.10. The van der Waals surface area contributed by atoms with Crippen LogP contribution in [0.25, 0.3) is 0 Å². The van der Waals surface area contributed by atoms with Gasteiger partial charge in [0.25, 0.3) is 5.13 Å². The van der Waals surface area contributed by atoms with E-state index < -0.39 is 15.5 Å². The smallest absolute Gasteiger partial charge is 0.366 e. The molecule has 1 atom stereocenters. The van der Waals surface area contributed by atoms with Gasteiger partial charge in [-0.25, -0.2) is 0 Å². The Balaban J connectivity index is 2.13. The molecule has 8 nitrogen and oxygen atoms in total. The monoisotopic (exact) mass is 476 g/mol. The van der Waals surface area contributed by atoms with Crippen molar-refractivity contribution >= 4 is 43.6 Å². The van der Waals surface area contributed by atoms with E-state index in [1.807, 2.05) is 13.8 Å². The second-order valence-electron chi connectivity index (χ2n) is 7.24. The van der Waals surface area contributed by atoms with Gasteiger partial charge in [0.1, 0.15) is 11.2 Å². The van der Waals surface area contributed by atoms with E-state index in [0.717, 1.165) is 36.2 Å². The van der Waals surface area contributed by atoms with Crippen molar-refractivity contribution in [3.63, 3.8) is 0 Å². The van der Waals surface area contributed by atoms with Gasteiger partial charge in [-0.3, -0.25) is 4.72 Å². The normalized spacial score (nSPS) is 17.4. The Hall–Kier alpha value is -2.28. The molecule has 1 unspecified atom stereocenters. The Morgan fingerprint density at radius 1 is 1.29 bits per heavy atom. The number of halogens is 3. The van der Waals surface area contributed by atoms with Crippen LogP contribution in [0, 0.1) is 0 Å². The molecular formula is C18H23F3N6O2S2. The number of sulfonamides is 1. The summed E-state index contributed by atoms with van der Waals surface area (Å²) in [5, 5.41) is 15.4. The minimum absolute atomic E-state index is 0.0131. The molecule has 2 aromatic rings. The number of hydrogen-bond donors (Lipinski definition) is 1. The first-order valence-corrected chi connectivity index (χ1v) is 12.2. The van der Waals surface area contributed by atoms with E-state index in [2.05, 4.69) is 32.2 Å². The van der Waals surface area contributed by atoms with Crippen LogP contribution in [0.15, 0.2) is 27.9 Å². The highest BCUT2D eigenvalue weighted by molar-refractivity contribution is 7.93. The van der Waals surface area contributed by atoms with Crippen molar-refractivity contribution in [2.45, 2.75) is 64.0 Å². The van der Waals surface area contributed by atoms with E-state index in [9.17, 15) is 21.6 Å². The quantitative estimate of drug-likeness (QED) is 0.529. The molecule has 0 amide bonds. The van der Waals surface area contributed by atoms with Crippen LogP contribution in [0.4, 0.5) is 35.4 Å². The third-order valence-electron chi connectivity index (χ3n) is 5.26. The molecule has 2 heterocycles. The molecule has 1 aliphatic heterocycles. The van der Waals surface area contributed by atoms with Crippen LogP contribution in [0.1, 0.15) is 45.6 Å². The summed E-state index contributed by atoms with van der Waals surface area (Å²) < 4.78 is 64.4. The standard InChI is InChI=1S/C18H23F3N6O2S2/c1-4-13(5-2)27-11(3)6-7-12-8-14(23-25-17-24-22-10-30-17)15(9-16(12)27)26-31(28,29)18(19,20)21/h8-11,13,26H,4-7H2,1-3H3. The van der Waals surface area contributed by atoms with Crippen LogP contribution in [-0.4, -0.2) is 36.2 Å². The molecule has 31 heavy (non-hydrogen) atoms. The zero-order chi connectivity index (χ0) is 22.8. The van der Waals surface area contributed by atoms with Gasteiger partial charge in [-0.15, -0.1) is 20.4 Å². The second kappa shape index (κ2) is 9.07. The van der Waals surface area contributed by atoms with E-state index in [4.69, 9.17) is 0 Å². The summed E-state index contributed by atoms with van der Waals surface area (Å²) in [6.07, 6.45) is 3.26. The Bertz CT molecular complexity index is 1040. The first-order chi connectivity index (χ1) is 14.6. The SMILES string of the molecule is CCC(CC)N1c2cc(NS(=O)(=O)C(F)(F)F)c(N=Nc3nncs3)cc2CCC1C. The maximum Gasteiger partial charge on any atom is 0.516 e. The van der Waals surface area contributed by atoms with Crippen molar-refractivity contribution in [2.75, 3.05) is 9.62 Å². The van der Waals surface area contributed by atoms with E-state index in [1.54, 1.807) is 10.8 Å². The second-order valence-corrected chi connectivity index (χ2v) is 9.72. The van der Waals surface area contributed by atoms with Gasteiger partial charge in [0.2, 0.25) is 0 Å². The number of nitrogens with zero attached hydrogens (tertiary/aromatic N) is 5. The van der Waals surface area contributed by atoms with Gasteiger partial charge < -0.3 is 4.90 Å². The average molecular weight is 477 g/mol. The Morgan fingerprint density at radius 3 is 2.58 bits per heavy atom. The zero-order valence-electron chi connectivity index (χ0n) is 17.2. The fraction of sp³-hybridized carbons (Fsp3) is 0.556. The molecule has 1 aliphatic rings. The van der Waals surface area contributed by atoms with Crippen LogP contribution in [0.3, 0.4) is 0 Å². The Kier molecular flexibility index (Phi) is 6.84. The Morgan fingerprint density at radius 2 is 2.00 bits per heavy atom. The van der Waals surface area contributed by atoms with Crippen LogP contribution in [-0.2, 0) is 16.4 Å². The maximum absolute atomic E-state index is 13.0. The van der Waals surface area contributed by atoms with Crippen molar-refractivity contribution in [2.24, 2.45) is 10.2 Å². The third kappa shape index (κ3) is 4.97. The molecule has 0 saturated heterocycles. The van der Waals surface area contributed by atoms with Crippen LogP contribution in [0.5, 0.6) is 0 Å². The van der Waals surface area contributed by atoms with E-state index in [-0.39, 0.29) is 28.6 Å². The largest absolute Gasteiger partial charge is 0.516 e. The highest BCUT2D eigenvalue weighted by Crippen LogP contribution is 2.42. The first-order valence-electron chi connectivity index (χ1n) is 9.79. The van der Waals surface area contributed by atoms with Crippen molar-refractivity contribution < 1.29 is 21.6 Å². The predicted octanol–water partition coefficient (Wildman–Crippen LogP) is 5.54. The number of anilines is 2. The molecule has 0 aliphatic carbocycles. The first kappa shape index (κ1) is 23.4. The summed E-state index contributed by atoms with van der Waals surface area (Å²) in [4.78, 5) is 2.16. The third-order valence-corrected chi connectivity index (χ3v) is 6.93. The highest BCUT2D eigenvalue weighted by atomic mass is 32.2. The van der Waals surface area contributed by atoms with Gasteiger partial charge >= 0.3 is 15.5 Å². The molecular weight excluding hydrogens is 453 g/mol. The number of aryl methyl sites for hydroxylation is 1. The van der Waals surface area contributed by atoms with Gasteiger partial charge in [-0.1, -0.05) is 25.2 Å². The minimum atomic E-state index is -5.63. The van der Waals surface area contributed by atoms with Crippen LogP contribution >= 0.6 is 11.3 Å². The van der Waals surface area contributed by atoms with E-state index in [0.29, 0.717) is 12.1 Å². The lowest BCUT2D eigenvalue weighted by Crippen LogP contribution is -2.44. The molecule has 1 aromatic heterocycles. The summed E-state index contributed by atoms with van der Waals surface area (Å²) in [6.45, 7) is 6.16. The lowest BCUT2D eigenvalue weighted by molar-refractivity contribution is -0.0429. The molecule has 0 spiro atoms. The van der Waals surface area contributed by atoms with Gasteiger partial charge in [0.05, 0.1) is 5.69 Å². The fourth-order valence-electron chi connectivity index (χ4n) is 3.71. The summed E-state index contributed by atoms with van der Waals surface area (Å²) in [5.41, 5.74) is -2.73. The van der Waals surface area contributed by atoms with Gasteiger partial charge in [-0.05, 0) is 50.3 Å². The van der Waals surface area contributed by atoms with Crippen LogP contribution in [0.2, 0.25) is 0 Å². The average Bonchev–Trinajstić information content (AvgIpc) is 3.21. The number of aromatic nitrogens is 2. The molecule has 1 aromatic carbocycles. The topological polar surface area (TPSA) is 99.9 Å². The number of fused-ring (bicyclic) bond motifs is 1. The molecule has 170 valence electrons. The predicted molar refractivity (Wildman–Crippen MR) is 114 cm³/mol. The Labute approximate surface area is 182 Å². The van der Waals surface area contributed by atoms with E-state index >= 15 is 0 Å². The number of hydrogen-bond acceptors (Lipinski definition) is 8. The lowest BCUT2D eigenvalue weighted by atomic mass is 9.92. The van der Waals surface area contributed by atoms with Gasteiger partial charge in [0.15, 0.2) is 0 Å². The lowest BCUT2D eigenvalue weighted by Gasteiger charge is -2.42. The van der Waals surface area contributed by atoms with Gasteiger partial charge in [0, 0.05) is 17.8 Å². The number of nitrogens with one attached hydrogen (secondary N) is 1. The molecule has 0 saturated carbocycles. The van der Waals surface area contributed by atoms with Crippen LogP contribution < -0.4 is 9.62 Å². The number of rotatable bonds is 7. The maximum atomic E-state index is 13.0. The fourth-order valence-corrected chi connectivity index (χ4v) is 4.65.